The number of rotatable bonds is 9. The number of alkyl halides is 1. The lowest BCUT2D eigenvalue weighted by atomic mass is 10.2. The molecule has 0 N–H and O–H groups in total. The average molecular weight is 430 g/mol. The van der Waals surface area contributed by atoms with Crippen molar-refractivity contribution >= 4 is 36.2 Å². The summed E-state index contributed by atoms with van der Waals surface area (Å²) in [4.78, 5) is 11.9. The quantitative estimate of drug-likeness (QED) is 0.254. The standard InChI is InChI=1S/C13H20IO6P/c1-4-17-13(15)10-8-18-12(7-14)11(10)9-21(16,19-5-2)20-6-3/h8H,4-7,9H2,1-3H3. The highest BCUT2D eigenvalue weighted by Crippen LogP contribution is 2.52. The maximum absolute atomic E-state index is 12.6. The predicted molar refractivity (Wildman–Crippen MR) is 87.0 cm³/mol. The van der Waals surface area contributed by atoms with Gasteiger partial charge in [0.1, 0.15) is 17.6 Å². The molecule has 1 aromatic heterocycles. The highest BCUT2D eigenvalue weighted by molar-refractivity contribution is 14.1. The molecule has 1 heterocycles. The van der Waals surface area contributed by atoms with E-state index >= 15 is 0 Å². The minimum Gasteiger partial charge on any atom is -0.467 e. The van der Waals surface area contributed by atoms with Crippen molar-refractivity contribution in [3.05, 3.63) is 23.2 Å². The van der Waals surface area contributed by atoms with Gasteiger partial charge in [-0.2, -0.15) is 0 Å². The molecule has 0 bridgehead atoms. The monoisotopic (exact) mass is 430 g/mol. The van der Waals surface area contributed by atoms with Crippen LogP contribution in [0.3, 0.4) is 0 Å². The minimum absolute atomic E-state index is 0.00232. The third-order valence-electron chi connectivity index (χ3n) is 2.60. The Morgan fingerprint density at radius 3 is 2.33 bits per heavy atom. The van der Waals surface area contributed by atoms with Gasteiger partial charge in [-0.05, 0) is 20.8 Å². The van der Waals surface area contributed by atoms with Crippen LogP contribution in [0.15, 0.2) is 10.7 Å². The van der Waals surface area contributed by atoms with Gasteiger partial charge in [0.25, 0.3) is 0 Å². The summed E-state index contributed by atoms with van der Waals surface area (Å²) in [6.07, 6.45) is 1.33. The van der Waals surface area contributed by atoms with Crippen molar-refractivity contribution in [2.45, 2.75) is 31.4 Å². The maximum atomic E-state index is 12.6. The van der Waals surface area contributed by atoms with Crippen molar-refractivity contribution in [2.24, 2.45) is 0 Å². The van der Waals surface area contributed by atoms with Crippen molar-refractivity contribution < 1.29 is 27.6 Å². The molecule has 8 heteroatoms. The topological polar surface area (TPSA) is 75.0 Å². The Morgan fingerprint density at radius 2 is 1.86 bits per heavy atom. The zero-order chi connectivity index (χ0) is 15.9. The van der Waals surface area contributed by atoms with Crippen LogP contribution >= 0.6 is 30.2 Å². The van der Waals surface area contributed by atoms with E-state index in [0.29, 0.717) is 15.8 Å². The number of hydrogen-bond donors (Lipinski definition) is 0. The van der Waals surface area contributed by atoms with E-state index in [9.17, 15) is 9.36 Å². The van der Waals surface area contributed by atoms with Gasteiger partial charge in [-0.15, -0.1) is 0 Å². The van der Waals surface area contributed by atoms with E-state index in [1.807, 2.05) is 0 Å². The molecule has 6 nitrogen and oxygen atoms in total. The maximum Gasteiger partial charge on any atom is 0.341 e. The fourth-order valence-corrected chi connectivity index (χ4v) is 4.22. The Hall–Kier alpha value is -0.370. The van der Waals surface area contributed by atoms with Crippen molar-refractivity contribution in [3.8, 4) is 0 Å². The SMILES string of the molecule is CCOC(=O)c1coc(CI)c1CP(=O)(OCC)OCC. The van der Waals surface area contributed by atoms with Crippen LogP contribution in [0.5, 0.6) is 0 Å². The molecule has 0 amide bonds. The first kappa shape index (κ1) is 18.7. The van der Waals surface area contributed by atoms with Crippen LogP contribution in [0.25, 0.3) is 0 Å². The molecule has 1 aromatic rings. The van der Waals surface area contributed by atoms with Crippen LogP contribution in [0.1, 0.15) is 42.5 Å². The molecular weight excluding hydrogens is 410 g/mol. The number of hydrogen-bond acceptors (Lipinski definition) is 6. The third kappa shape index (κ3) is 5.09. The summed E-state index contributed by atoms with van der Waals surface area (Å²) in [6, 6.07) is 0. The Kier molecular flexibility index (Phi) is 7.94. The number of furan rings is 1. The molecule has 0 atom stereocenters. The number of carbonyl (C=O) groups is 1. The van der Waals surface area contributed by atoms with Crippen molar-refractivity contribution in [3.63, 3.8) is 0 Å². The predicted octanol–water partition coefficient (Wildman–Crippen LogP) is 4.16. The normalized spacial score (nSPS) is 11.6. The summed E-state index contributed by atoms with van der Waals surface area (Å²) in [6.45, 7) is 6.01. The van der Waals surface area contributed by atoms with Crippen LogP contribution in [0.4, 0.5) is 0 Å². The number of halogens is 1. The fourth-order valence-electron chi connectivity index (χ4n) is 1.80. The first-order valence-electron chi connectivity index (χ1n) is 6.71. The molecule has 0 aromatic carbocycles. The van der Waals surface area contributed by atoms with Crippen LogP contribution in [0, 0.1) is 0 Å². The summed E-state index contributed by atoms with van der Waals surface area (Å²) >= 11 is 2.11. The van der Waals surface area contributed by atoms with Gasteiger partial charge in [0, 0.05) is 5.56 Å². The van der Waals surface area contributed by atoms with E-state index in [2.05, 4.69) is 22.6 Å². The highest BCUT2D eigenvalue weighted by atomic mass is 127. The van der Waals surface area contributed by atoms with Crippen LogP contribution in [0.2, 0.25) is 0 Å². The molecule has 0 unspecified atom stereocenters. The molecule has 0 aliphatic carbocycles. The van der Waals surface area contributed by atoms with Gasteiger partial charge in [0.2, 0.25) is 0 Å². The third-order valence-corrected chi connectivity index (χ3v) is 5.30. The molecule has 0 saturated carbocycles. The summed E-state index contributed by atoms with van der Waals surface area (Å²) < 4.78 is 34.1. The largest absolute Gasteiger partial charge is 0.467 e. The summed E-state index contributed by atoms with van der Waals surface area (Å²) in [5.74, 6) is 0.0881. The molecule has 0 spiro atoms. The minimum atomic E-state index is -3.30. The van der Waals surface area contributed by atoms with Crippen LogP contribution in [-0.2, 0) is 28.9 Å². The number of esters is 1. The van der Waals surface area contributed by atoms with Crippen LogP contribution in [-0.4, -0.2) is 25.8 Å². The van der Waals surface area contributed by atoms with Gasteiger partial charge in [-0.1, -0.05) is 22.6 Å². The molecule has 120 valence electrons. The summed E-state index contributed by atoms with van der Waals surface area (Å²) in [5, 5.41) is 0. The summed E-state index contributed by atoms with van der Waals surface area (Å²) in [5.41, 5.74) is 0.816. The van der Waals surface area contributed by atoms with Gasteiger partial charge in [-0.25, -0.2) is 4.79 Å². The molecule has 0 fully saturated rings. The second-order valence-corrected chi connectivity index (χ2v) is 6.83. The lowest BCUT2D eigenvalue weighted by molar-refractivity contribution is 0.0524. The molecule has 0 saturated heterocycles. The average Bonchev–Trinajstić information content (AvgIpc) is 2.82. The second kappa shape index (κ2) is 8.92. The highest BCUT2D eigenvalue weighted by Gasteiger charge is 2.30. The van der Waals surface area contributed by atoms with Gasteiger partial charge >= 0.3 is 13.6 Å². The number of ether oxygens (including phenoxy) is 1. The second-order valence-electron chi connectivity index (χ2n) is 4.01. The van der Waals surface area contributed by atoms with Gasteiger partial charge in [-0.3, -0.25) is 4.57 Å². The smallest absolute Gasteiger partial charge is 0.341 e. The molecule has 21 heavy (non-hydrogen) atoms. The summed E-state index contributed by atoms with van der Waals surface area (Å²) in [7, 11) is -3.30. The van der Waals surface area contributed by atoms with Crippen LogP contribution < -0.4 is 0 Å². The lowest BCUT2D eigenvalue weighted by Gasteiger charge is -2.17. The molecule has 0 radical (unpaired) electrons. The van der Waals surface area contributed by atoms with E-state index in [1.54, 1.807) is 20.8 Å². The Bertz CT molecular complexity index is 503. The first-order chi connectivity index (χ1) is 10.0. The Balaban J connectivity index is 3.11. The van der Waals surface area contributed by atoms with E-state index in [1.165, 1.54) is 6.26 Å². The fraction of sp³-hybridized carbons (Fsp3) is 0.615. The number of carbonyl (C=O) groups excluding carboxylic acids is 1. The molecule has 0 aliphatic rings. The first-order valence-corrected chi connectivity index (χ1v) is 9.97. The van der Waals surface area contributed by atoms with E-state index in [0.717, 1.165) is 0 Å². The Morgan fingerprint density at radius 1 is 1.24 bits per heavy atom. The zero-order valence-corrected chi connectivity index (χ0v) is 15.4. The van der Waals surface area contributed by atoms with Crippen molar-refractivity contribution in [1.29, 1.82) is 0 Å². The Labute approximate surface area is 138 Å². The van der Waals surface area contributed by atoms with Gasteiger partial charge in [0.15, 0.2) is 0 Å². The molecule has 1 rings (SSSR count). The van der Waals surface area contributed by atoms with Crippen molar-refractivity contribution in [2.75, 3.05) is 19.8 Å². The van der Waals surface area contributed by atoms with Crippen molar-refractivity contribution in [1.82, 2.24) is 0 Å². The van der Waals surface area contributed by atoms with E-state index in [4.69, 9.17) is 18.2 Å². The molecule has 0 aliphatic heterocycles. The van der Waals surface area contributed by atoms with Gasteiger partial charge in [0.05, 0.1) is 30.4 Å². The van der Waals surface area contributed by atoms with E-state index in [-0.39, 0.29) is 31.5 Å². The molecular formula is C13H20IO6P. The van der Waals surface area contributed by atoms with Gasteiger partial charge < -0.3 is 18.2 Å². The van der Waals surface area contributed by atoms with E-state index < -0.39 is 13.6 Å². The zero-order valence-electron chi connectivity index (χ0n) is 12.4. The lowest BCUT2D eigenvalue weighted by Crippen LogP contribution is -2.08.